The van der Waals surface area contributed by atoms with Crippen LogP contribution in [0.1, 0.15) is 72.2 Å². The predicted octanol–water partition coefficient (Wildman–Crippen LogP) is -2.04. The summed E-state index contributed by atoms with van der Waals surface area (Å²) in [5.74, 6) is -2.81. The second-order valence-electron chi connectivity index (χ2n) is 10.5. The van der Waals surface area contributed by atoms with Crippen LogP contribution in [0, 0.1) is 6.92 Å². The first-order chi connectivity index (χ1) is 19.0. The van der Waals surface area contributed by atoms with Gasteiger partial charge in [-0.05, 0) is 0 Å². The molecule has 3 aliphatic rings. The normalized spacial score (nSPS) is 29.6. The van der Waals surface area contributed by atoms with E-state index in [0.717, 1.165) is 0 Å². The number of aliphatic hydroxyl groups is 2. The zero-order chi connectivity index (χ0) is 29.1. The van der Waals surface area contributed by atoms with E-state index in [1.165, 1.54) is 13.2 Å². The molecule has 5 rings (SSSR count). The molecule has 0 amide bonds. The molecule has 40 heavy (non-hydrogen) atoms. The van der Waals surface area contributed by atoms with Crippen molar-refractivity contribution < 1.29 is 69.0 Å². The van der Waals surface area contributed by atoms with Crippen LogP contribution in [0.4, 0.5) is 0 Å². The van der Waals surface area contributed by atoms with E-state index >= 15 is 0 Å². The molecule has 0 aromatic heterocycles. The van der Waals surface area contributed by atoms with Gasteiger partial charge in [0.15, 0.2) is 0 Å². The van der Waals surface area contributed by atoms with Crippen LogP contribution in [0.5, 0.6) is 11.5 Å². The standard InChI is InChI=1S/C28H31INO10/c1-11-5-4-6-13-19(11)26(36)22-21(24(13)34)25(35)14-8-28(38-3,17(32)10-31)9-15(20(14)27(22)37)29-40-18-7-16(30)23(33)12(2)39-18/h4-6,12,15-16,18,23,31,33,35,37H,7-10,30H2,1-3H3/q-1. The summed E-state index contributed by atoms with van der Waals surface area (Å²) in [5, 5.41) is 42.9. The molecule has 2 aliphatic carbocycles. The minimum absolute atomic E-state index is 0.0103. The number of halogens is 1. The van der Waals surface area contributed by atoms with Gasteiger partial charge in [-0.1, -0.05) is 0 Å². The summed E-state index contributed by atoms with van der Waals surface area (Å²) >= 11 is -1.43. The van der Waals surface area contributed by atoms with Crippen molar-refractivity contribution in [2.75, 3.05) is 13.7 Å². The van der Waals surface area contributed by atoms with E-state index in [0.29, 0.717) is 5.56 Å². The Labute approximate surface area is 241 Å². The fourth-order valence-corrected chi connectivity index (χ4v) is 8.71. The van der Waals surface area contributed by atoms with E-state index in [1.807, 2.05) is 0 Å². The average molecular weight is 668 g/mol. The average Bonchev–Trinajstić information content (AvgIpc) is 2.94. The Morgan fingerprint density at radius 3 is 2.52 bits per heavy atom. The SMILES string of the molecule is COC1(C(=O)CO)Cc2c(O)c3c(c(O)c2C([I-]OC2CC(N)C(O)C(C)O2)C1)C(=O)c1c(C)cccc1C3=O. The van der Waals surface area contributed by atoms with E-state index in [-0.39, 0.29) is 52.6 Å². The number of nitrogens with two attached hydrogens (primary N) is 1. The fraction of sp³-hybridized carbons (Fsp3) is 0.464. The third kappa shape index (κ3) is 4.46. The van der Waals surface area contributed by atoms with E-state index in [9.17, 15) is 34.8 Å². The van der Waals surface area contributed by atoms with Crippen LogP contribution in [-0.2, 0) is 23.8 Å². The number of benzene rings is 2. The topological polar surface area (TPSA) is 186 Å². The Bertz CT molecular complexity index is 1400. The predicted molar refractivity (Wildman–Crippen MR) is 135 cm³/mol. The van der Waals surface area contributed by atoms with Gasteiger partial charge in [0, 0.05) is 0 Å². The van der Waals surface area contributed by atoms with Crippen molar-refractivity contribution in [3.8, 4) is 11.5 Å². The molecule has 1 saturated heterocycles. The van der Waals surface area contributed by atoms with Crippen LogP contribution in [0.25, 0.3) is 0 Å². The molecule has 6 unspecified atom stereocenters. The summed E-state index contributed by atoms with van der Waals surface area (Å²) < 4.78 is 16.8. The zero-order valence-electron chi connectivity index (χ0n) is 22.1. The molecule has 6 atom stereocenters. The second kappa shape index (κ2) is 10.7. The number of hydrogen-bond donors (Lipinski definition) is 5. The molecule has 6 N–H and O–H groups in total. The number of Topliss-reactive ketones (excluding diaryl/α,β-unsaturated/α-hetero) is 1. The second-order valence-corrected chi connectivity index (χ2v) is 13.0. The van der Waals surface area contributed by atoms with Crippen LogP contribution in [-0.4, -0.2) is 81.6 Å². The summed E-state index contributed by atoms with van der Waals surface area (Å²) in [6.45, 7) is 2.53. The van der Waals surface area contributed by atoms with Crippen molar-refractivity contribution in [2.45, 2.75) is 67.2 Å². The number of aryl methyl sites for hydroxylation is 1. The molecule has 216 valence electrons. The summed E-state index contributed by atoms with van der Waals surface area (Å²) in [4.78, 5) is 40.2. The van der Waals surface area contributed by atoms with Crippen LogP contribution in [0.3, 0.4) is 0 Å². The van der Waals surface area contributed by atoms with Gasteiger partial charge in [0.05, 0.1) is 0 Å². The third-order valence-corrected chi connectivity index (χ3v) is 10.7. The zero-order valence-corrected chi connectivity index (χ0v) is 24.3. The van der Waals surface area contributed by atoms with Crippen LogP contribution in [0.15, 0.2) is 18.2 Å². The first-order valence-electron chi connectivity index (χ1n) is 12.8. The van der Waals surface area contributed by atoms with Crippen LogP contribution < -0.4 is 27.4 Å². The van der Waals surface area contributed by atoms with Gasteiger partial charge >= 0.3 is 242 Å². The molecule has 2 aromatic carbocycles. The number of hydrogen-bond acceptors (Lipinski definition) is 11. The van der Waals surface area contributed by atoms with E-state index in [4.69, 9.17) is 18.3 Å². The number of phenols is 2. The molecule has 1 heterocycles. The van der Waals surface area contributed by atoms with Gasteiger partial charge in [-0.3, -0.25) is 0 Å². The number of methoxy groups -OCH3 is 1. The van der Waals surface area contributed by atoms with E-state index in [2.05, 4.69) is 0 Å². The number of alkyl halides is 1. The molecule has 11 nitrogen and oxygen atoms in total. The Kier molecular flexibility index (Phi) is 7.80. The third-order valence-electron chi connectivity index (χ3n) is 8.12. The van der Waals surface area contributed by atoms with Gasteiger partial charge in [0.2, 0.25) is 0 Å². The number of carbonyl (C=O) groups is 3. The summed E-state index contributed by atoms with van der Waals surface area (Å²) in [6, 6.07) is 4.23. The van der Waals surface area contributed by atoms with Crippen molar-refractivity contribution in [2.24, 2.45) is 5.73 Å². The van der Waals surface area contributed by atoms with Crippen molar-refractivity contribution in [3.63, 3.8) is 0 Å². The Morgan fingerprint density at radius 1 is 1.18 bits per heavy atom. The number of phenolic OH excluding ortho intramolecular Hbond substituents is 2. The molecule has 0 radical (unpaired) electrons. The molecular weight excluding hydrogens is 637 g/mol. The van der Waals surface area contributed by atoms with Gasteiger partial charge in [0.1, 0.15) is 0 Å². The summed E-state index contributed by atoms with van der Waals surface area (Å²) in [5.41, 5.74) is 4.96. The van der Waals surface area contributed by atoms with Gasteiger partial charge in [-0.25, -0.2) is 0 Å². The number of rotatable bonds is 6. The molecule has 1 aliphatic heterocycles. The number of aliphatic hydroxyl groups excluding tert-OH is 2. The minimum atomic E-state index is -1.57. The molecule has 0 saturated carbocycles. The van der Waals surface area contributed by atoms with Gasteiger partial charge in [-0.2, -0.15) is 0 Å². The number of ether oxygens (including phenoxy) is 2. The summed E-state index contributed by atoms with van der Waals surface area (Å²) in [6.07, 6.45) is -2.24. The first-order valence-corrected chi connectivity index (χ1v) is 15.0. The Morgan fingerprint density at radius 2 is 1.88 bits per heavy atom. The van der Waals surface area contributed by atoms with E-state index < -0.39 is 91.1 Å². The van der Waals surface area contributed by atoms with Crippen molar-refractivity contribution in [3.05, 3.63) is 57.1 Å². The van der Waals surface area contributed by atoms with Crippen molar-refractivity contribution >= 4 is 17.3 Å². The van der Waals surface area contributed by atoms with Gasteiger partial charge in [-0.15, -0.1) is 0 Å². The molecule has 12 heteroatoms. The fourth-order valence-electron chi connectivity index (χ4n) is 5.88. The van der Waals surface area contributed by atoms with Crippen LogP contribution in [0.2, 0.25) is 0 Å². The van der Waals surface area contributed by atoms with Crippen LogP contribution >= 0.6 is 0 Å². The van der Waals surface area contributed by atoms with Crippen molar-refractivity contribution in [1.29, 1.82) is 0 Å². The Hall–Kier alpha value is -2.46. The van der Waals surface area contributed by atoms with Crippen molar-refractivity contribution in [1.82, 2.24) is 0 Å². The molecule has 1 fully saturated rings. The molecule has 0 spiro atoms. The Balaban J connectivity index is 1.63. The number of aromatic hydroxyl groups is 2. The molecule has 0 bridgehead atoms. The molecular formula is C28H31INO10-. The number of ketones is 3. The number of carbonyl (C=O) groups excluding carboxylic acids is 3. The summed E-state index contributed by atoms with van der Waals surface area (Å²) in [7, 11) is 1.31. The maximum absolute atomic E-state index is 13.7. The quantitative estimate of drug-likeness (QED) is 0.111. The monoisotopic (exact) mass is 668 g/mol. The maximum atomic E-state index is 13.7. The molecule has 2 aromatic rings. The first kappa shape index (κ1) is 29.0. The number of fused-ring (bicyclic) bond motifs is 3. The van der Waals surface area contributed by atoms with Gasteiger partial charge < -0.3 is 0 Å². The van der Waals surface area contributed by atoms with Gasteiger partial charge in [0.25, 0.3) is 0 Å². The van der Waals surface area contributed by atoms with E-state index in [1.54, 1.807) is 26.0 Å².